The Morgan fingerprint density at radius 3 is 2.58 bits per heavy atom. The standard InChI is InChI=1S/C12H16/c1-3-12(7-8-12)11-6-4-5-10(2)9-11/h4-6,9H,3,7-8H2,1-2H3. The highest BCUT2D eigenvalue weighted by atomic mass is 14.5. The summed E-state index contributed by atoms with van der Waals surface area (Å²) in [7, 11) is 0. The number of hydrogen-bond donors (Lipinski definition) is 0. The van der Waals surface area contributed by atoms with Gasteiger partial charge in [0.2, 0.25) is 0 Å². The summed E-state index contributed by atoms with van der Waals surface area (Å²) in [5.41, 5.74) is 3.53. The molecule has 0 heterocycles. The average Bonchev–Trinajstić information content (AvgIpc) is 2.84. The van der Waals surface area contributed by atoms with Gasteiger partial charge in [0, 0.05) is 0 Å². The molecule has 0 atom stereocenters. The topological polar surface area (TPSA) is 0 Å². The summed E-state index contributed by atoms with van der Waals surface area (Å²) in [6.07, 6.45) is 4.09. The van der Waals surface area contributed by atoms with Gasteiger partial charge < -0.3 is 0 Å². The van der Waals surface area contributed by atoms with Gasteiger partial charge in [0.25, 0.3) is 0 Å². The van der Waals surface area contributed by atoms with Crippen molar-refractivity contribution in [1.82, 2.24) is 0 Å². The molecule has 1 aliphatic carbocycles. The highest BCUT2D eigenvalue weighted by Gasteiger charge is 2.41. The zero-order chi connectivity index (χ0) is 8.60. The number of hydrogen-bond acceptors (Lipinski definition) is 0. The first kappa shape index (κ1) is 7.85. The van der Waals surface area contributed by atoms with Crippen molar-refractivity contribution >= 4 is 0 Å². The molecule has 0 amide bonds. The fourth-order valence-corrected chi connectivity index (χ4v) is 1.97. The van der Waals surface area contributed by atoms with E-state index in [2.05, 4.69) is 38.1 Å². The predicted molar refractivity (Wildman–Crippen MR) is 52.4 cm³/mol. The van der Waals surface area contributed by atoms with Crippen LogP contribution in [0.5, 0.6) is 0 Å². The van der Waals surface area contributed by atoms with E-state index in [1.807, 2.05) is 0 Å². The van der Waals surface area contributed by atoms with Gasteiger partial charge in [-0.2, -0.15) is 0 Å². The van der Waals surface area contributed by atoms with Gasteiger partial charge in [-0.05, 0) is 37.2 Å². The van der Waals surface area contributed by atoms with Gasteiger partial charge in [-0.1, -0.05) is 36.8 Å². The first-order chi connectivity index (χ1) is 5.77. The molecule has 2 rings (SSSR count). The van der Waals surface area contributed by atoms with E-state index in [1.165, 1.54) is 24.8 Å². The van der Waals surface area contributed by atoms with Gasteiger partial charge in [-0.15, -0.1) is 0 Å². The molecule has 1 aromatic carbocycles. The summed E-state index contributed by atoms with van der Waals surface area (Å²) in [5.74, 6) is 0. The van der Waals surface area contributed by atoms with Crippen LogP contribution in [0.2, 0.25) is 0 Å². The summed E-state index contributed by atoms with van der Waals surface area (Å²) in [4.78, 5) is 0. The molecule has 1 aromatic rings. The maximum absolute atomic E-state index is 2.34. The quantitative estimate of drug-likeness (QED) is 0.621. The largest absolute Gasteiger partial charge is 0.0645 e. The Morgan fingerprint density at radius 1 is 1.33 bits per heavy atom. The van der Waals surface area contributed by atoms with Crippen molar-refractivity contribution in [3.8, 4) is 0 Å². The first-order valence-electron chi connectivity index (χ1n) is 4.84. The van der Waals surface area contributed by atoms with Crippen LogP contribution in [0, 0.1) is 6.92 Å². The summed E-state index contributed by atoms with van der Waals surface area (Å²) >= 11 is 0. The van der Waals surface area contributed by atoms with Gasteiger partial charge >= 0.3 is 0 Å². The minimum atomic E-state index is 0.575. The molecular weight excluding hydrogens is 144 g/mol. The highest BCUT2D eigenvalue weighted by molar-refractivity contribution is 5.33. The number of rotatable bonds is 2. The SMILES string of the molecule is CCC1(c2cccc(C)c2)CC1. The summed E-state index contributed by atoms with van der Waals surface area (Å²) in [6.45, 7) is 4.48. The number of benzene rings is 1. The zero-order valence-corrected chi connectivity index (χ0v) is 7.93. The van der Waals surface area contributed by atoms with E-state index < -0.39 is 0 Å². The van der Waals surface area contributed by atoms with Crippen molar-refractivity contribution in [2.75, 3.05) is 0 Å². The van der Waals surface area contributed by atoms with E-state index >= 15 is 0 Å². The predicted octanol–water partition coefficient (Wildman–Crippen LogP) is 3.44. The van der Waals surface area contributed by atoms with Crippen LogP contribution in [0.1, 0.15) is 37.3 Å². The van der Waals surface area contributed by atoms with Crippen LogP contribution >= 0.6 is 0 Å². The molecule has 1 saturated carbocycles. The fraction of sp³-hybridized carbons (Fsp3) is 0.500. The molecule has 0 spiro atoms. The summed E-state index contributed by atoms with van der Waals surface area (Å²) in [5, 5.41) is 0. The molecular formula is C12H16. The van der Waals surface area contributed by atoms with E-state index in [-0.39, 0.29) is 0 Å². The Balaban J connectivity index is 2.34. The second-order valence-corrected chi connectivity index (χ2v) is 4.00. The van der Waals surface area contributed by atoms with Crippen LogP contribution in [-0.2, 0) is 5.41 Å². The lowest BCUT2D eigenvalue weighted by atomic mass is 9.92. The molecule has 0 radical (unpaired) electrons. The third-order valence-corrected chi connectivity index (χ3v) is 3.16. The van der Waals surface area contributed by atoms with Crippen LogP contribution in [-0.4, -0.2) is 0 Å². The Morgan fingerprint density at radius 2 is 2.08 bits per heavy atom. The van der Waals surface area contributed by atoms with Gasteiger partial charge in [0.05, 0.1) is 0 Å². The summed E-state index contributed by atoms with van der Waals surface area (Å²) < 4.78 is 0. The van der Waals surface area contributed by atoms with Crippen molar-refractivity contribution in [2.45, 2.75) is 38.5 Å². The molecule has 0 heteroatoms. The van der Waals surface area contributed by atoms with Gasteiger partial charge in [-0.3, -0.25) is 0 Å². The first-order valence-corrected chi connectivity index (χ1v) is 4.84. The Kier molecular flexibility index (Phi) is 1.71. The second-order valence-electron chi connectivity index (χ2n) is 4.00. The Bertz CT molecular complexity index is 282. The monoisotopic (exact) mass is 160 g/mol. The van der Waals surface area contributed by atoms with Crippen LogP contribution in [0.15, 0.2) is 24.3 Å². The van der Waals surface area contributed by atoms with Crippen LogP contribution < -0.4 is 0 Å². The molecule has 0 unspecified atom stereocenters. The molecule has 0 aliphatic heterocycles. The molecule has 0 aromatic heterocycles. The van der Waals surface area contributed by atoms with Crippen LogP contribution in [0.25, 0.3) is 0 Å². The summed E-state index contributed by atoms with van der Waals surface area (Å²) in [6, 6.07) is 8.98. The number of aryl methyl sites for hydroxylation is 1. The zero-order valence-electron chi connectivity index (χ0n) is 7.93. The third kappa shape index (κ3) is 1.16. The van der Waals surface area contributed by atoms with E-state index in [0.717, 1.165) is 0 Å². The van der Waals surface area contributed by atoms with Crippen LogP contribution in [0.4, 0.5) is 0 Å². The van der Waals surface area contributed by atoms with E-state index in [4.69, 9.17) is 0 Å². The van der Waals surface area contributed by atoms with E-state index in [1.54, 1.807) is 5.56 Å². The maximum Gasteiger partial charge on any atom is -0.00488 e. The van der Waals surface area contributed by atoms with Gasteiger partial charge in [0.15, 0.2) is 0 Å². The molecule has 0 bridgehead atoms. The van der Waals surface area contributed by atoms with Crippen molar-refractivity contribution in [2.24, 2.45) is 0 Å². The molecule has 64 valence electrons. The molecule has 1 aliphatic rings. The Hall–Kier alpha value is -0.780. The molecule has 0 nitrogen and oxygen atoms in total. The molecule has 0 N–H and O–H groups in total. The smallest absolute Gasteiger partial charge is 0.00488 e. The third-order valence-electron chi connectivity index (χ3n) is 3.16. The second kappa shape index (κ2) is 2.62. The highest BCUT2D eigenvalue weighted by Crippen LogP contribution is 2.50. The molecule has 0 saturated heterocycles. The van der Waals surface area contributed by atoms with Crippen molar-refractivity contribution in [3.63, 3.8) is 0 Å². The lowest BCUT2D eigenvalue weighted by Crippen LogP contribution is -2.03. The van der Waals surface area contributed by atoms with Gasteiger partial charge in [-0.25, -0.2) is 0 Å². The lowest BCUT2D eigenvalue weighted by Gasteiger charge is -2.12. The normalized spacial score (nSPS) is 19.2. The lowest BCUT2D eigenvalue weighted by molar-refractivity contribution is 0.663. The van der Waals surface area contributed by atoms with Crippen molar-refractivity contribution < 1.29 is 0 Å². The van der Waals surface area contributed by atoms with Crippen molar-refractivity contribution in [1.29, 1.82) is 0 Å². The van der Waals surface area contributed by atoms with Crippen molar-refractivity contribution in [3.05, 3.63) is 35.4 Å². The van der Waals surface area contributed by atoms with E-state index in [0.29, 0.717) is 5.41 Å². The Labute approximate surface area is 74.6 Å². The average molecular weight is 160 g/mol. The minimum absolute atomic E-state index is 0.575. The fourth-order valence-electron chi connectivity index (χ4n) is 1.97. The molecule has 1 fully saturated rings. The van der Waals surface area contributed by atoms with Gasteiger partial charge in [0.1, 0.15) is 0 Å². The van der Waals surface area contributed by atoms with Crippen LogP contribution in [0.3, 0.4) is 0 Å². The van der Waals surface area contributed by atoms with E-state index in [9.17, 15) is 0 Å². The maximum atomic E-state index is 2.34. The molecule has 12 heavy (non-hydrogen) atoms. The minimum Gasteiger partial charge on any atom is -0.0645 e.